The summed E-state index contributed by atoms with van der Waals surface area (Å²) in [4.78, 5) is 12.4. The van der Waals surface area contributed by atoms with Crippen molar-refractivity contribution in [3.63, 3.8) is 0 Å². The fourth-order valence-electron chi connectivity index (χ4n) is 3.57. The second-order valence-corrected chi connectivity index (χ2v) is 6.28. The molecule has 4 rings (SSSR count). The van der Waals surface area contributed by atoms with E-state index in [0.29, 0.717) is 5.92 Å². The lowest BCUT2D eigenvalue weighted by Gasteiger charge is -2.28. The fraction of sp³-hybridized carbons (Fsp3) is 0.562. The van der Waals surface area contributed by atoms with E-state index in [1.807, 2.05) is 18.2 Å². The first-order valence-corrected chi connectivity index (χ1v) is 7.50. The van der Waals surface area contributed by atoms with Crippen LogP contribution in [-0.4, -0.2) is 32.1 Å². The number of hydrogen-bond donors (Lipinski definition) is 2. The molecule has 2 atom stereocenters. The van der Waals surface area contributed by atoms with E-state index in [0.717, 1.165) is 44.8 Å². The van der Waals surface area contributed by atoms with Crippen LogP contribution < -0.4 is 15.4 Å². The van der Waals surface area contributed by atoms with E-state index in [-0.39, 0.29) is 29.6 Å². The topological polar surface area (TPSA) is 50.4 Å². The highest BCUT2D eigenvalue weighted by Gasteiger charge is 2.60. The van der Waals surface area contributed by atoms with E-state index in [9.17, 15) is 4.79 Å². The smallest absolute Gasteiger partial charge is 0.224 e. The average molecular weight is 309 g/mol. The van der Waals surface area contributed by atoms with Crippen molar-refractivity contribution < 1.29 is 9.53 Å². The highest BCUT2D eigenvalue weighted by molar-refractivity contribution is 5.85. The number of amides is 1. The molecule has 0 radical (unpaired) electrons. The average Bonchev–Trinajstić information content (AvgIpc) is 3.13. The second kappa shape index (κ2) is 5.50. The number of benzene rings is 1. The molecule has 2 unspecified atom stereocenters. The number of carbonyl (C=O) groups excluding carboxylic acids is 1. The quantitative estimate of drug-likeness (QED) is 0.889. The van der Waals surface area contributed by atoms with Gasteiger partial charge in [0.1, 0.15) is 5.75 Å². The third-order valence-electron chi connectivity index (χ3n) is 5.05. The lowest BCUT2D eigenvalue weighted by atomic mass is 9.87. The number of para-hydroxylation sites is 1. The van der Waals surface area contributed by atoms with Crippen LogP contribution in [0, 0.1) is 11.8 Å². The Morgan fingerprint density at radius 2 is 2.19 bits per heavy atom. The molecule has 114 valence electrons. The lowest BCUT2D eigenvalue weighted by Crippen LogP contribution is -2.48. The maximum absolute atomic E-state index is 12.4. The summed E-state index contributed by atoms with van der Waals surface area (Å²) in [5, 5.41) is 6.36. The van der Waals surface area contributed by atoms with Gasteiger partial charge in [-0.15, -0.1) is 12.4 Å². The third-order valence-corrected chi connectivity index (χ3v) is 5.05. The molecule has 21 heavy (non-hydrogen) atoms. The predicted molar refractivity (Wildman–Crippen MR) is 83.0 cm³/mol. The second-order valence-electron chi connectivity index (χ2n) is 6.28. The molecule has 1 amide bonds. The van der Waals surface area contributed by atoms with Gasteiger partial charge in [-0.2, -0.15) is 0 Å². The van der Waals surface area contributed by atoms with Crippen LogP contribution in [0.15, 0.2) is 24.3 Å². The van der Waals surface area contributed by atoms with Crippen LogP contribution in [0.1, 0.15) is 18.4 Å². The number of rotatable bonds is 3. The number of ether oxygens (including phenoxy) is 1. The molecular formula is C16H21ClN2O2. The van der Waals surface area contributed by atoms with Crippen molar-refractivity contribution in [2.45, 2.75) is 18.3 Å². The molecule has 1 saturated heterocycles. The molecule has 2 fully saturated rings. The number of fused-ring (bicyclic) bond motifs is 2. The summed E-state index contributed by atoms with van der Waals surface area (Å²) >= 11 is 0. The molecule has 0 bridgehead atoms. The summed E-state index contributed by atoms with van der Waals surface area (Å²) in [6.45, 7) is 3.61. The fourth-order valence-corrected chi connectivity index (χ4v) is 3.57. The van der Waals surface area contributed by atoms with Gasteiger partial charge in [-0.1, -0.05) is 18.2 Å². The van der Waals surface area contributed by atoms with Gasteiger partial charge in [0.15, 0.2) is 0 Å². The number of nitrogens with one attached hydrogen (secondary N) is 2. The van der Waals surface area contributed by atoms with E-state index in [2.05, 4.69) is 16.7 Å². The zero-order chi connectivity index (χ0) is 13.6. The molecule has 1 aliphatic carbocycles. The lowest BCUT2D eigenvalue weighted by molar-refractivity contribution is -0.123. The zero-order valence-electron chi connectivity index (χ0n) is 11.9. The predicted octanol–water partition coefficient (Wildman–Crippen LogP) is 1.48. The Kier molecular flexibility index (Phi) is 3.84. The zero-order valence-corrected chi connectivity index (χ0v) is 12.7. The van der Waals surface area contributed by atoms with Crippen LogP contribution in [0.25, 0.3) is 0 Å². The van der Waals surface area contributed by atoms with Gasteiger partial charge in [0.05, 0.1) is 6.61 Å². The van der Waals surface area contributed by atoms with Gasteiger partial charge in [-0.3, -0.25) is 4.79 Å². The van der Waals surface area contributed by atoms with E-state index in [1.54, 1.807) is 0 Å². The maximum Gasteiger partial charge on any atom is 0.224 e. The normalized spacial score (nSPS) is 29.6. The minimum absolute atomic E-state index is 0. The first-order valence-electron chi connectivity index (χ1n) is 7.50. The van der Waals surface area contributed by atoms with Gasteiger partial charge in [-0.05, 0) is 18.9 Å². The molecule has 0 aromatic heterocycles. The van der Waals surface area contributed by atoms with Crippen molar-refractivity contribution in [2.75, 3.05) is 26.2 Å². The molecule has 1 aromatic rings. The molecule has 2 aliphatic heterocycles. The van der Waals surface area contributed by atoms with Gasteiger partial charge in [0.25, 0.3) is 0 Å². The summed E-state index contributed by atoms with van der Waals surface area (Å²) in [6, 6.07) is 8.18. The highest BCUT2D eigenvalue weighted by atomic mass is 35.5. The van der Waals surface area contributed by atoms with Crippen molar-refractivity contribution in [1.82, 2.24) is 10.6 Å². The summed E-state index contributed by atoms with van der Waals surface area (Å²) in [5.41, 5.74) is 1.29. The summed E-state index contributed by atoms with van der Waals surface area (Å²) in [6.07, 6.45) is 1.94. The van der Waals surface area contributed by atoms with Crippen LogP contribution in [0.2, 0.25) is 0 Å². The van der Waals surface area contributed by atoms with Crippen LogP contribution in [-0.2, 0) is 10.2 Å². The standard InChI is InChI=1S/C16H20N2O2.ClH/c19-15(18-10-11-8-17-9-11)13-7-16(13)5-6-20-14-4-2-1-3-12(14)16;/h1-4,11,13,17H,5-10H2,(H,18,19);1H. The van der Waals surface area contributed by atoms with Crippen molar-refractivity contribution in [3.05, 3.63) is 29.8 Å². The van der Waals surface area contributed by atoms with E-state index in [4.69, 9.17) is 4.74 Å². The largest absolute Gasteiger partial charge is 0.493 e. The Balaban J connectivity index is 0.00000132. The number of hydrogen-bond acceptors (Lipinski definition) is 3. The van der Waals surface area contributed by atoms with Crippen molar-refractivity contribution in [1.29, 1.82) is 0 Å². The minimum Gasteiger partial charge on any atom is -0.493 e. The Hall–Kier alpha value is -1.26. The first kappa shape index (κ1) is 14.7. The van der Waals surface area contributed by atoms with Crippen LogP contribution in [0.4, 0.5) is 0 Å². The van der Waals surface area contributed by atoms with Crippen molar-refractivity contribution >= 4 is 18.3 Å². The Labute approximate surface area is 131 Å². The highest BCUT2D eigenvalue weighted by Crippen LogP contribution is 2.60. The summed E-state index contributed by atoms with van der Waals surface area (Å²) in [5.74, 6) is 1.96. The maximum atomic E-state index is 12.4. The van der Waals surface area contributed by atoms with E-state index < -0.39 is 0 Å². The van der Waals surface area contributed by atoms with Gasteiger partial charge < -0.3 is 15.4 Å². The number of carbonyl (C=O) groups is 1. The van der Waals surface area contributed by atoms with Gasteiger partial charge >= 0.3 is 0 Å². The monoisotopic (exact) mass is 308 g/mol. The molecule has 1 aromatic carbocycles. The van der Waals surface area contributed by atoms with E-state index in [1.165, 1.54) is 5.56 Å². The van der Waals surface area contributed by atoms with Crippen LogP contribution in [0.3, 0.4) is 0 Å². The van der Waals surface area contributed by atoms with Crippen molar-refractivity contribution in [2.24, 2.45) is 11.8 Å². The van der Waals surface area contributed by atoms with Crippen LogP contribution in [0.5, 0.6) is 5.75 Å². The van der Waals surface area contributed by atoms with Crippen molar-refractivity contribution in [3.8, 4) is 5.75 Å². The molecular weight excluding hydrogens is 288 g/mol. The van der Waals surface area contributed by atoms with Crippen LogP contribution >= 0.6 is 12.4 Å². The minimum atomic E-state index is 0. The molecule has 1 spiro atoms. The Bertz CT molecular complexity index is 547. The van der Waals surface area contributed by atoms with Gasteiger partial charge in [0, 0.05) is 42.4 Å². The van der Waals surface area contributed by atoms with Gasteiger partial charge in [0.2, 0.25) is 5.91 Å². The number of halogens is 1. The third kappa shape index (κ3) is 2.40. The first-order chi connectivity index (χ1) is 9.79. The summed E-state index contributed by atoms with van der Waals surface area (Å²) < 4.78 is 5.71. The molecule has 1 saturated carbocycles. The Morgan fingerprint density at radius 1 is 1.38 bits per heavy atom. The van der Waals surface area contributed by atoms with Gasteiger partial charge in [-0.25, -0.2) is 0 Å². The SMILES string of the molecule is Cl.O=C(NCC1CNC1)C1CC12CCOc1ccccc12. The molecule has 5 heteroatoms. The molecule has 3 aliphatic rings. The molecule has 2 heterocycles. The molecule has 4 nitrogen and oxygen atoms in total. The molecule has 2 N–H and O–H groups in total. The van der Waals surface area contributed by atoms with E-state index >= 15 is 0 Å². The Morgan fingerprint density at radius 3 is 2.95 bits per heavy atom. The summed E-state index contributed by atoms with van der Waals surface area (Å²) in [7, 11) is 0.